The van der Waals surface area contributed by atoms with Gasteiger partial charge in [0.2, 0.25) is 15.9 Å². The van der Waals surface area contributed by atoms with Gasteiger partial charge in [0.15, 0.2) is 0 Å². The molecule has 146 valence electrons. The predicted octanol–water partition coefficient (Wildman–Crippen LogP) is 3.84. The summed E-state index contributed by atoms with van der Waals surface area (Å²) in [7, 11) is -3.68. The second-order valence-electron chi connectivity index (χ2n) is 6.44. The summed E-state index contributed by atoms with van der Waals surface area (Å²) in [5.74, 6) is 0.0585. The van der Waals surface area contributed by atoms with Gasteiger partial charge in [-0.1, -0.05) is 23.7 Å². The third-order valence-electron chi connectivity index (χ3n) is 3.64. The molecule has 2 aromatic carbocycles. The number of halogens is 1. The Bertz CT molecular complexity index is 929. The fourth-order valence-electron chi connectivity index (χ4n) is 2.43. The molecular weight excluding hydrogens is 388 g/mol. The Balaban J connectivity index is 2.25. The van der Waals surface area contributed by atoms with E-state index >= 15 is 0 Å². The summed E-state index contributed by atoms with van der Waals surface area (Å²) in [6, 6.07) is 11.7. The van der Waals surface area contributed by atoms with Gasteiger partial charge in [-0.15, -0.1) is 0 Å². The smallest absolute Gasteiger partial charge is 0.245 e. The van der Waals surface area contributed by atoms with Crippen molar-refractivity contribution in [3.63, 3.8) is 0 Å². The van der Waals surface area contributed by atoms with E-state index in [1.807, 2.05) is 20.8 Å². The minimum atomic E-state index is -3.68. The zero-order valence-electron chi connectivity index (χ0n) is 15.7. The van der Waals surface area contributed by atoms with Crippen molar-refractivity contribution in [2.75, 3.05) is 22.4 Å². The van der Waals surface area contributed by atoms with Crippen LogP contribution in [0.3, 0.4) is 0 Å². The highest BCUT2D eigenvalue weighted by atomic mass is 35.5. The minimum Gasteiger partial charge on any atom is -0.491 e. The molecule has 0 heterocycles. The maximum Gasteiger partial charge on any atom is 0.245 e. The van der Waals surface area contributed by atoms with Crippen LogP contribution in [-0.2, 0) is 14.8 Å². The zero-order valence-corrected chi connectivity index (χ0v) is 17.3. The predicted molar refractivity (Wildman–Crippen MR) is 109 cm³/mol. The number of hydrogen-bond acceptors (Lipinski definition) is 4. The highest BCUT2D eigenvalue weighted by Gasteiger charge is 2.22. The van der Waals surface area contributed by atoms with Crippen molar-refractivity contribution in [1.82, 2.24) is 0 Å². The first-order valence-electron chi connectivity index (χ1n) is 8.36. The number of carbonyl (C=O) groups is 1. The maximum absolute atomic E-state index is 12.5. The normalized spacial score (nSPS) is 11.3. The number of nitrogens with one attached hydrogen (secondary N) is 1. The lowest BCUT2D eigenvalue weighted by atomic mass is 10.2. The van der Waals surface area contributed by atoms with Crippen LogP contribution in [0.2, 0.25) is 5.02 Å². The van der Waals surface area contributed by atoms with Crippen molar-refractivity contribution in [2.45, 2.75) is 26.9 Å². The van der Waals surface area contributed by atoms with Gasteiger partial charge in [0.25, 0.3) is 0 Å². The lowest BCUT2D eigenvalue weighted by Gasteiger charge is -2.23. The van der Waals surface area contributed by atoms with E-state index in [4.69, 9.17) is 16.3 Å². The standard InChI is InChI=1S/C19H23ClN2O4S/c1-13(2)26-17-7-5-6-16(11-17)22(27(4,24)25)12-19(23)21-18-10-15(20)9-8-14(18)3/h5-11,13H,12H2,1-4H3,(H,21,23). The SMILES string of the molecule is Cc1ccc(Cl)cc1NC(=O)CN(c1cccc(OC(C)C)c1)S(C)(=O)=O. The molecule has 0 aromatic heterocycles. The van der Waals surface area contributed by atoms with Crippen LogP contribution in [0.1, 0.15) is 19.4 Å². The van der Waals surface area contributed by atoms with E-state index in [0.29, 0.717) is 22.1 Å². The number of hydrogen-bond donors (Lipinski definition) is 1. The van der Waals surface area contributed by atoms with Gasteiger partial charge in [-0.2, -0.15) is 0 Å². The average Bonchev–Trinajstić information content (AvgIpc) is 2.54. The molecule has 27 heavy (non-hydrogen) atoms. The average molecular weight is 411 g/mol. The molecule has 0 atom stereocenters. The molecule has 1 amide bonds. The Hall–Kier alpha value is -2.25. The summed E-state index contributed by atoms with van der Waals surface area (Å²) in [5, 5.41) is 3.19. The monoisotopic (exact) mass is 410 g/mol. The van der Waals surface area contributed by atoms with Crippen LogP contribution in [0, 0.1) is 6.92 Å². The van der Waals surface area contributed by atoms with Gasteiger partial charge < -0.3 is 10.1 Å². The number of benzene rings is 2. The van der Waals surface area contributed by atoms with Crippen LogP contribution >= 0.6 is 11.6 Å². The molecule has 0 aliphatic heterocycles. The Morgan fingerprint density at radius 3 is 2.56 bits per heavy atom. The number of nitrogens with zero attached hydrogens (tertiary/aromatic N) is 1. The Kier molecular flexibility index (Phi) is 6.73. The van der Waals surface area contributed by atoms with Crippen molar-refractivity contribution in [3.8, 4) is 5.75 Å². The van der Waals surface area contributed by atoms with Gasteiger partial charge in [-0.05, 0) is 50.6 Å². The number of rotatable bonds is 7. The van der Waals surface area contributed by atoms with E-state index in [2.05, 4.69) is 5.32 Å². The van der Waals surface area contributed by atoms with Crippen LogP contribution < -0.4 is 14.4 Å². The number of ether oxygens (including phenoxy) is 1. The first kappa shape index (κ1) is 21.1. The molecule has 0 spiro atoms. The number of amides is 1. The van der Waals surface area contributed by atoms with Crippen LogP contribution in [0.25, 0.3) is 0 Å². The molecule has 0 radical (unpaired) electrons. The molecule has 2 aromatic rings. The van der Waals surface area contributed by atoms with Crippen molar-refractivity contribution in [2.24, 2.45) is 0 Å². The fourth-order valence-corrected chi connectivity index (χ4v) is 3.45. The number of carbonyl (C=O) groups excluding carboxylic acids is 1. The van der Waals surface area contributed by atoms with E-state index in [9.17, 15) is 13.2 Å². The first-order chi connectivity index (χ1) is 12.6. The Morgan fingerprint density at radius 2 is 1.93 bits per heavy atom. The summed E-state index contributed by atoms with van der Waals surface area (Å²) in [5.41, 5.74) is 1.72. The van der Waals surface area contributed by atoms with Gasteiger partial charge in [0.05, 0.1) is 18.0 Å². The Morgan fingerprint density at radius 1 is 1.22 bits per heavy atom. The van der Waals surface area contributed by atoms with Crippen LogP contribution in [0.15, 0.2) is 42.5 Å². The molecule has 0 fully saturated rings. The summed E-state index contributed by atoms with van der Waals surface area (Å²) >= 11 is 5.96. The van der Waals surface area contributed by atoms with E-state index in [1.165, 1.54) is 0 Å². The fraction of sp³-hybridized carbons (Fsp3) is 0.316. The lowest BCUT2D eigenvalue weighted by molar-refractivity contribution is -0.114. The van der Waals surface area contributed by atoms with Gasteiger partial charge in [0.1, 0.15) is 12.3 Å². The second kappa shape index (κ2) is 8.63. The van der Waals surface area contributed by atoms with Crippen molar-refractivity contribution in [1.29, 1.82) is 0 Å². The number of aryl methyl sites for hydroxylation is 1. The third-order valence-corrected chi connectivity index (χ3v) is 5.01. The highest BCUT2D eigenvalue weighted by molar-refractivity contribution is 7.92. The summed E-state index contributed by atoms with van der Waals surface area (Å²) in [4.78, 5) is 12.5. The van der Waals surface area contributed by atoms with Gasteiger partial charge in [-0.3, -0.25) is 9.10 Å². The number of sulfonamides is 1. The van der Waals surface area contributed by atoms with E-state index in [0.717, 1.165) is 16.1 Å². The van der Waals surface area contributed by atoms with E-state index < -0.39 is 15.9 Å². The van der Waals surface area contributed by atoms with Crippen LogP contribution in [0.5, 0.6) is 5.75 Å². The molecule has 0 unspecified atom stereocenters. The first-order valence-corrected chi connectivity index (χ1v) is 10.6. The quantitative estimate of drug-likeness (QED) is 0.752. The van der Waals surface area contributed by atoms with E-state index in [1.54, 1.807) is 42.5 Å². The lowest BCUT2D eigenvalue weighted by Crippen LogP contribution is -2.37. The molecule has 0 saturated carbocycles. The van der Waals surface area contributed by atoms with Crippen molar-refractivity contribution in [3.05, 3.63) is 53.1 Å². The molecule has 1 N–H and O–H groups in total. The molecule has 0 aliphatic carbocycles. The molecule has 8 heteroatoms. The van der Waals surface area contributed by atoms with Gasteiger partial charge in [0, 0.05) is 16.8 Å². The minimum absolute atomic E-state index is 0.0546. The topological polar surface area (TPSA) is 75.7 Å². The molecule has 0 bridgehead atoms. The highest BCUT2D eigenvalue weighted by Crippen LogP contribution is 2.25. The summed E-state index contributed by atoms with van der Waals surface area (Å²) in [6.07, 6.45) is 1.00. The van der Waals surface area contributed by atoms with Crippen molar-refractivity contribution >= 4 is 38.9 Å². The van der Waals surface area contributed by atoms with Gasteiger partial charge >= 0.3 is 0 Å². The van der Waals surface area contributed by atoms with Gasteiger partial charge in [-0.25, -0.2) is 8.42 Å². The molecule has 6 nitrogen and oxygen atoms in total. The van der Waals surface area contributed by atoms with Crippen LogP contribution in [-0.4, -0.2) is 33.2 Å². The largest absolute Gasteiger partial charge is 0.491 e. The number of anilines is 2. The third kappa shape index (κ3) is 6.15. The van der Waals surface area contributed by atoms with E-state index in [-0.39, 0.29) is 12.6 Å². The summed E-state index contributed by atoms with van der Waals surface area (Å²) in [6.45, 7) is 5.21. The zero-order chi connectivity index (χ0) is 20.2. The van der Waals surface area contributed by atoms with Crippen LogP contribution in [0.4, 0.5) is 11.4 Å². The molecule has 2 rings (SSSR count). The molecule has 0 aliphatic rings. The maximum atomic E-state index is 12.5. The molecular formula is C19H23ClN2O4S. The summed E-state index contributed by atoms with van der Waals surface area (Å²) < 4.78 is 31.2. The Labute approximate surface area is 165 Å². The van der Waals surface area contributed by atoms with Crippen molar-refractivity contribution < 1.29 is 17.9 Å². The second-order valence-corrected chi connectivity index (χ2v) is 8.78. The molecule has 0 saturated heterocycles.